The van der Waals surface area contributed by atoms with Gasteiger partial charge in [-0.2, -0.15) is 0 Å². The van der Waals surface area contributed by atoms with Crippen molar-refractivity contribution in [2.45, 2.75) is 12.5 Å². The molecular formula is C24H29N3O6. The lowest BCUT2D eigenvalue weighted by molar-refractivity contribution is -0.858. The summed E-state index contributed by atoms with van der Waals surface area (Å²) in [6.45, 7) is 1.12. The molecule has 1 aromatic carbocycles. The summed E-state index contributed by atoms with van der Waals surface area (Å²) in [5, 5.41) is 13.4. The van der Waals surface area contributed by atoms with Crippen molar-refractivity contribution in [3.05, 3.63) is 53.4 Å². The van der Waals surface area contributed by atoms with Gasteiger partial charge in [0.25, 0.3) is 5.91 Å². The van der Waals surface area contributed by atoms with Crippen molar-refractivity contribution in [3.63, 3.8) is 0 Å². The number of hydrogen-bond acceptors (Lipinski definition) is 7. The maximum Gasteiger partial charge on any atom is 0.295 e. The number of likely N-dealkylation sites (tertiary alicyclic amines) is 1. The molecule has 0 bridgehead atoms. The molecule has 9 heteroatoms. The van der Waals surface area contributed by atoms with Gasteiger partial charge in [0, 0.05) is 30.9 Å². The van der Waals surface area contributed by atoms with Gasteiger partial charge in [-0.3, -0.25) is 14.6 Å². The Morgan fingerprint density at radius 3 is 2.18 bits per heavy atom. The van der Waals surface area contributed by atoms with Crippen molar-refractivity contribution in [2.75, 3.05) is 48.5 Å². The van der Waals surface area contributed by atoms with Crippen molar-refractivity contribution in [1.29, 1.82) is 0 Å². The first-order chi connectivity index (χ1) is 15.8. The van der Waals surface area contributed by atoms with Gasteiger partial charge in [-0.1, -0.05) is 5.76 Å². The number of ketones is 1. The second kappa shape index (κ2) is 10.4. The van der Waals surface area contributed by atoms with Gasteiger partial charge in [0.05, 0.1) is 48.0 Å². The highest BCUT2D eigenvalue weighted by Gasteiger charge is 2.44. The predicted molar refractivity (Wildman–Crippen MR) is 119 cm³/mol. The van der Waals surface area contributed by atoms with Gasteiger partial charge in [-0.25, -0.2) is 0 Å². The van der Waals surface area contributed by atoms with E-state index < -0.39 is 23.5 Å². The number of nitrogens with one attached hydrogen (secondary N) is 1. The molecule has 2 heterocycles. The molecule has 1 amide bonds. The van der Waals surface area contributed by atoms with E-state index in [1.165, 1.54) is 55.7 Å². The van der Waals surface area contributed by atoms with Crippen molar-refractivity contribution >= 4 is 17.4 Å². The minimum absolute atomic E-state index is 0.0994. The van der Waals surface area contributed by atoms with Gasteiger partial charge in [0.2, 0.25) is 11.5 Å². The van der Waals surface area contributed by atoms with E-state index in [0.717, 1.165) is 6.54 Å². The van der Waals surface area contributed by atoms with Crippen LogP contribution in [0.15, 0.2) is 42.2 Å². The number of ether oxygens (including phenoxy) is 3. The van der Waals surface area contributed by atoms with E-state index in [1.807, 2.05) is 14.1 Å². The van der Waals surface area contributed by atoms with Crippen molar-refractivity contribution < 1.29 is 33.8 Å². The Labute approximate surface area is 193 Å². The third-order valence-corrected chi connectivity index (χ3v) is 5.55. The fourth-order valence-electron chi connectivity index (χ4n) is 3.97. The number of benzene rings is 1. The first kappa shape index (κ1) is 24.1. The maximum atomic E-state index is 13.4. The molecule has 0 spiro atoms. The molecule has 176 valence electrons. The van der Waals surface area contributed by atoms with Crippen LogP contribution in [0.1, 0.15) is 23.6 Å². The van der Waals surface area contributed by atoms with E-state index in [0.29, 0.717) is 35.8 Å². The number of pyridine rings is 1. The van der Waals surface area contributed by atoms with Gasteiger partial charge in [-0.15, -0.1) is 0 Å². The number of hydrogen-bond donors (Lipinski definition) is 1. The third kappa shape index (κ3) is 4.78. The number of Topliss-reactive ketones (excluding diaryl/α,β-unsaturated/α-hetero) is 1. The normalized spacial score (nSPS) is 17.5. The van der Waals surface area contributed by atoms with Crippen LogP contribution >= 0.6 is 0 Å². The second-order valence-corrected chi connectivity index (χ2v) is 7.98. The summed E-state index contributed by atoms with van der Waals surface area (Å²) in [5.74, 6) is -0.883. The first-order valence-electron chi connectivity index (χ1n) is 10.6. The first-order valence-corrected chi connectivity index (χ1v) is 10.6. The number of quaternary nitrogens is 1. The second-order valence-electron chi connectivity index (χ2n) is 7.98. The summed E-state index contributed by atoms with van der Waals surface area (Å²) in [6.07, 6.45) is 3.61. The number of rotatable bonds is 9. The molecule has 1 fully saturated rings. The molecule has 1 unspecified atom stereocenters. The molecule has 33 heavy (non-hydrogen) atoms. The number of aromatic nitrogens is 1. The van der Waals surface area contributed by atoms with Gasteiger partial charge >= 0.3 is 0 Å². The fraction of sp³-hybridized carbons (Fsp3) is 0.375. The Morgan fingerprint density at radius 1 is 1.06 bits per heavy atom. The molecule has 2 aromatic rings. The van der Waals surface area contributed by atoms with E-state index in [9.17, 15) is 14.7 Å². The lowest BCUT2D eigenvalue weighted by Crippen LogP contribution is -3.05. The van der Waals surface area contributed by atoms with E-state index >= 15 is 0 Å². The quantitative estimate of drug-likeness (QED) is 0.319. The molecule has 0 aliphatic carbocycles. The number of methoxy groups -OCH3 is 3. The number of amides is 1. The molecule has 1 saturated heterocycles. The van der Waals surface area contributed by atoms with Gasteiger partial charge in [0.1, 0.15) is 0 Å². The van der Waals surface area contributed by atoms with Crippen LogP contribution < -0.4 is 24.2 Å². The molecular weight excluding hydrogens is 426 g/mol. The van der Waals surface area contributed by atoms with Crippen LogP contribution in [0.3, 0.4) is 0 Å². The van der Waals surface area contributed by atoms with Crippen LogP contribution in [0.2, 0.25) is 0 Å². The van der Waals surface area contributed by atoms with Gasteiger partial charge in [0.15, 0.2) is 11.5 Å². The van der Waals surface area contributed by atoms with Crippen LogP contribution in [0.4, 0.5) is 0 Å². The average Bonchev–Trinajstić information content (AvgIpc) is 3.07. The zero-order valence-corrected chi connectivity index (χ0v) is 19.5. The zero-order chi connectivity index (χ0) is 24.1. The zero-order valence-electron chi connectivity index (χ0n) is 19.5. The van der Waals surface area contributed by atoms with E-state index in [1.54, 1.807) is 12.1 Å². The Balaban J connectivity index is 2.20. The summed E-state index contributed by atoms with van der Waals surface area (Å²) in [5.41, 5.74) is 0.717. The molecule has 1 aliphatic rings. The summed E-state index contributed by atoms with van der Waals surface area (Å²) in [7, 11) is 8.48. The van der Waals surface area contributed by atoms with Crippen LogP contribution in [0, 0.1) is 0 Å². The number of carbonyl (C=O) groups excluding carboxylic acids is 2. The number of nitrogens with zero attached hydrogens (tertiary/aromatic N) is 2. The van der Waals surface area contributed by atoms with Crippen molar-refractivity contribution in [3.8, 4) is 17.2 Å². The molecule has 1 N–H and O–H groups in total. The van der Waals surface area contributed by atoms with E-state index in [2.05, 4.69) is 4.98 Å². The maximum absolute atomic E-state index is 13.4. The average molecular weight is 456 g/mol. The SMILES string of the molecule is COc1cc(C2/C(=C(\[O-])c3ccncc3)C(=O)C(=O)N2CCC[NH+](C)C)cc(OC)c1OC. The van der Waals surface area contributed by atoms with E-state index in [4.69, 9.17) is 14.2 Å². The lowest BCUT2D eigenvalue weighted by Gasteiger charge is -2.28. The minimum atomic E-state index is -0.878. The highest BCUT2D eigenvalue weighted by Crippen LogP contribution is 2.45. The Morgan fingerprint density at radius 2 is 1.67 bits per heavy atom. The highest BCUT2D eigenvalue weighted by molar-refractivity contribution is 6.46. The van der Waals surface area contributed by atoms with Crippen molar-refractivity contribution in [2.24, 2.45) is 0 Å². The van der Waals surface area contributed by atoms with Crippen LogP contribution in [-0.2, 0) is 9.59 Å². The lowest BCUT2D eigenvalue weighted by atomic mass is 9.95. The summed E-state index contributed by atoms with van der Waals surface area (Å²) < 4.78 is 16.3. The third-order valence-electron chi connectivity index (χ3n) is 5.55. The molecule has 9 nitrogen and oxygen atoms in total. The Bertz CT molecular complexity index is 1030. The van der Waals surface area contributed by atoms with Gasteiger partial charge in [-0.05, 0) is 35.4 Å². The fourth-order valence-corrected chi connectivity index (χ4v) is 3.97. The Hall–Kier alpha value is -3.59. The summed E-state index contributed by atoms with van der Waals surface area (Å²) in [4.78, 5) is 32.7. The minimum Gasteiger partial charge on any atom is -0.872 e. The van der Waals surface area contributed by atoms with Crippen LogP contribution in [0.25, 0.3) is 5.76 Å². The molecule has 1 aromatic heterocycles. The predicted octanol–water partition coefficient (Wildman–Crippen LogP) is -0.134. The van der Waals surface area contributed by atoms with Gasteiger partial charge < -0.3 is 29.1 Å². The standard InChI is InChI=1S/C24H29N3O6/c1-26(2)11-6-12-27-20(16-13-17(31-3)23(33-5)18(14-16)32-4)19(22(29)24(27)30)21(28)15-7-9-25-10-8-15/h7-10,13-14,20,28H,6,11-12H2,1-5H3/b21-19+. The summed E-state index contributed by atoms with van der Waals surface area (Å²) >= 11 is 0. The van der Waals surface area contributed by atoms with E-state index in [-0.39, 0.29) is 11.1 Å². The molecule has 0 saturated carbocycles. The monoisotopic (exact) mass is 455 g/mol. The topological polar surface area (TPSA) is 105 Å². The largest absolute Gasteiger partial charge is 0.872 e. The molecule has 1 atom stereocenters. The summed E-state index contributed by atoms with van der Waals surface area (Å²) in [6, 6.07) is 5.51. The smallest absolute Gasteiger partial charge is 0.295 e. The molecule has 0 radical (unpaired) electrons. The molecule has 1 aliphatic heterocycles. The highest BCUT2D eigenvalue weighted by atomic mass is 16.5. The Kier molecular flexibility index (Phi) is 7.55. The van der Waals surface area contributed by atoms with Crippen LogP contribution in [-0.4, -0.2) is 70.1 Å². The number of carbonyl (C=O) groups is 2. The molecule has 3 rings (SSSR count). The van der Waals surface area contributed by atoms with Crippen molar-refractivity contribution in [1.82, 2.24) is 9.88 Å². The van der Waals surface area contributed by atoms with Crippen LogP contribution in [0.5, 0.6) is 17.2 Å².